The molecule has 1 aromatic rings. The van der Waals surface area contributed by atoms with Gasteiger partial charge in [0.2, 0.25) is 5.91 Å². The number of rotatable bonds is 3. The second-order valence-electron chi connectivity index (χ2n) is 2.78. The van der Waals surface area contributed by atoms with E-state index in [9.17, 15) is 9.90 Å². The number of nitrogens with two attached hydrogens (primary N) is 1. The van der Waals surface area contributed by atoms with Crippen LogP contribution in [-0.2, 0) is 4.79 Å². The Kier molecular flexibility index (Phi) is 3.54. The molecule has 0 saturated heterocycles. The topological polar surface area (TPSA) is 63.3 Å². The van der Waals surface area contributed by atoms with Crippen LogP contribution >= 0.6 is 11.6 Å². The van der Waals surface area contributed by atoms with Gasteiger partial charge in [-0.2, -0.15) is 0 Å². The van der Waals surface area contributed by atoms with Crippen LogP contribution in [0.3, 0.4) is 0 Å². The maximum absolute atomic E-state index is 10.4. The molecule has 14 heavy (non-hydrogen) atoms. The highest BCUT2D eigenvalue weighted by atomic mass is 35.5. The van der Waals surface area contributed by atoms with Gasteiger partial charge in [-0.15, -0.1) is 0 Å². The molecule has 1 aromatic carbocycles. The SMILES string of the molecule is NC(=O)CC=Cc1cc(Cl)ccc1O. The van der Waals surface area contributed by atoms with Crippen LogP contribution in [0.5, 0.6) is 5.75 Å². The summed E-state index contributed by atoms with van der Waals surface area (Å²) in [6, 6.07) is 4.68. The third-order valence-corrected chi connectivity index (χ3v) is 1.84. The number of amides is 1. The molecule has 0 radical (unpaired) electrons. The summed E-state index contributed by atoms with van der Waals surface area (Å²) in [5, 5.41) is 9.90. The average molecular weight is 212 g/mol. The Hall–Kier alpha value is -1.48. The van der Waals surface area contributed by atoms with E-state index >= 15 is 0 Å². The number of carbonyl (C=O) groups excluding carboxylic acids is 1. The number of carbonyl (C=O) groups is 1. The highest BCUT2D eigenvalue weighted by molar-refractivity contribution is 6.30. The Morgan fingerprint density at radius 3 is 2.93 bits per heavy atom. The number of hydrogen-bond donors (Lipinski definition) is 2. The first-order valence-corrected chi connectivity index (χ1v) is 4.41. The molecule has 0 aliphatic rings. The lowest BCUT2D eigenvalue weighted by Gasteiger charge is -1.98. The van der Waals surface area contributed by atoms with Crippen molar-refractivity contribution in [1.29, 1.82) is 0 Å². The second-order valence-corrected chi connectivity index (χ2v) is 3.21. The van der Waals surface area contributed by atoms with Crippen LogP contribution in [0.15, 0.2) is 24.3 Å². The quantitative estimate of drug-likeness (QED) is 0.803. The lowest BCUT2D eigenvalue weighted by Crippen LogP contribution is -2.07. The molecular weight excluding hydrogens is 202 g/mol. The highest BCUT2D eigenvalue weighted by Gasteiger charge is 1.97. The van der Waals surface area contributed by atoms with Crippen molar-refractivity contribution in [2.75, 3.05) is 0 Å². The van der Waals surface area contributed by atoms with Crippen LogP contribution < -0.4 is 5.73 Å². The van der Waals surface area contributed by atoms with Crippen molar-refractivity contribution in [3.63, 3.8) is 0 Å². The summed E-state index contributed by atoms with van der Waals surface area (Å²) in [5.41, 5.74) is 5.51. The minimum Gasteiger partial charge on any atom is -0.507 e. The zero-order valence-corrected chi connectivity index (χ0v) is 8.16. The number of benzene rings is 1. The lowest BCUT2D eigenvalue weighted by atomic mass is 10.2. The van der Waals surface area contributed by atoms with Crippen molar-refractivity contribution in [2.24, 2.45) is 5.73 Å². The molecule has 0 unspecified atom stereocenters. The van der Waals surface area contributed by atoms with Crippen LogP contribution in [0, 0.1) is 0 Å². The van der Waals surface area contributed by atoms with Gasteiger partial charge in [0.25, 0.3) is 0 Å². The third kappa shape index (κ3) is 3.11. The molecule has 0 aliphatic carbocycles. The summed E-state index contributed by atoms with van der Waals surface area (Å²) in [5.74, 6) is -0.294. The third-order valence-electron chi connectivity index (χ3n) is 1.61. The minimum absolute atomic E-state index is 0.120. The second kappa shape index (κ2) is 4.67. The van der Waals surface area contributed by atoms with Crippen molar-refractivity contribution in [1.82, 2.24) is 0 Å². The summed E-state index contributed by atoms with van der Waals surface area (Å²) in [6.07, 6.45) is 3.33. The van der Waals surface area contributed by atoms with Gasteiger partial charge >= 0.3 is 0 Å². The average Bonchev–Trinajstić information content (AvgIpc) is 2.10. The first kappa shape index (κ1) is 10.6. The largest absolute Gasteiger partial charge is 0.507 e. The molecule has 0 spiro atoms. The van der Waals surface area contributed by atoms with Crippen LogP contribution in [0.25, 0.3) is 6.08 Å². The molecule has 0 saturated carbocycles. The Morgan fingerprint density at radius 2 is 2.29 bits per heavy atom. The fourth-order valence-electron chi connectivity index (χ4n) is 0.961. The summed E-state index contributed by atoms with van der Waals surface area (Å²) in [7, 11) is 0. The highest BCUT2D eigenvalue weighted by Crippen LogP contribution is 2.22. The number of halogens is 1. The molecule has 3 N–H and O–H groups in total. The minimum atomic E-state index is -0.414. The van der Waals surface area contributed by atoms with Crippen molar-refractivity contribution in [2.45, 2.75) is 6.42 Å². The number of hydrogen-bond acceptors (Lipinski definition) is 2. The van der Waals surface area contributed by atoms with Gasteiger partial charge < -0.3 is 10.8 Å². The predicted molar refractivity (Wildman–Crippen MR) is 56.0 cm³/mol. The first-order chi connectivity index (χ1) is 6.59. The molecule has 0 fully saturated rings. The predicted octanol–water partition coefficient (Wildman–Crippen LogP) is 1.93. The summed E-state index contributed by atoms with van der Waals surface area (Å²) >= 11 is 5.72. The molecule has 0 heterocycles. The normalized spacial score (nSPS) is 10.6. The molecule has 1 amide bonds. The van der Waals surface area contributed by atoms with Crippen molar-refractivity contribution < 1.29 is 9.90 Å². The standard InChI is InChI=1S/C10H10ClNO2/c11-8-4-5-9(13)7(6-8)2-1-3-10(12)14/h1-2,4-6,13H,3H2,(H2,12,14). The number of phenolic OH excluding ortho intramolecular Hbond substituents is 1. The summed E-state index contributed by atoms with van der Waals surface area (Å²) < 4.78 is 0. The van der Waals surface area contributed by atoms with Crippen molar-refractivity contribution in [3.8, 4) is 5.75 Å². The van der Waals surface area contributed by atoms with Crippen LogP contribution in [0.2, 0.25) is 5.02 Å². The molecule has 0 bridgehead atoms. The van der Waals surface area contributed by atoms with E-state index in [-0.39, 0.29) is 12.2 Å². The van der Waals surface area contributed by atoms with Crippen LogP contribution in [0.4, 0.5) is 0 Å². The smallest absolute Gasteiger partial charge is 0.221 e. The summed E-state index contributed by atoms with van der Waals surface area (Å²) in [4.78, 5) is 10.4. The van der Waals surface area contributed by atoms with Gasteiger partial charge in [0.1, 0.15) is 5.75 Å². The fraction of sp³-hybridized carbons (Fsp3) is 0.100. The maximum Gasteiger partial charge on any atom is 0.221 e. The Balaban J connectivity index is 2.80. The van der Waals surface area contributed by atoms with Gasteiger partial charge in [-0.3, -0.25) is 4.79 Å². The van der Waals surface area contributed by atoms with E-state index < -0.39 is 5.91 Å². The van der Waals surface area contributed by atoms with Crippen molar-refractivity contribution in [3.05, 3.63) is 34.9 Å². The van der Waals surface area contributed by atoms with Gasteiger partial charge in [0, 0.05) is 17.0 Å². The molecule has 0 aromatic heterocycles. The molecular formula is C10H10ClNO2. The molecule has 1 rings (SSSR count). The molecule has 0 atom stereocenters. The van der Waals surface area contributed by atoms with E-state index in [1.165, 1.54) is 6.07 Å². The Bertz CT molecular complexity index is 374. The fourth-order valence-corrected chi connectivity index (χ4v) is 1.14. The molecule has 4 heteroatoms. The van der Waals surface area contributed by atoms with Gasteiger partial charge in [-0.05, 0) is 18.2 Å². The Morgan fingerprint density at radius 1 is 1.57 bits per heavy atom. The molecule has 74 valence electrons. The van der Waals surface area contributed by atoms with Gasteiger partial charge in [-0.1, -0.05) is 23.8 Å². The van der Waals surface area contributed by atoms with Crippen molar-refractivity contribution >= 4 is 23.6 Å². The van der Waals surface area contributed by atoms with Crippen LogP contribution in [-0.4, -0.2) is 11.0 Å². The number of aromatic hydroxyl groups is 1. The van der Waals surface area contributed by atoms with Gasteiger partial charge in [0.15, 0.2) is 0 Å². The number of primary amides is 1. The van der Waals surface area contributed by atoms with E-state index in [0.717, 1.165) is 0 Å². The van der Waals surface area contributed by atoms with Crippen LogP contribution in [0.1, 0.15) is 12.0 Å². The molecule has 0 aliphatic heterocycles. The van der Waals surface area contributed by atoms with E-state index in [2.05, 4.69) is 0 Å². The number of phenols is 1. The van der Waals surface area contributed by atoms with E-state index in [1.54, 1.807) is 24.3 Å². The Labute approximate surface area is 86.8 Å². The van der Waals surface area contributed by atoms with E-state index in [1.807, 2.05) is 0 Å². The van der Waals surface area contributed by atoms with Gasteiger partial charge in [-0.25, -0.2) is 0 Å². The molecule has 3 nitrogen and oxygen atoms in total. The zero-order chi connectivity index (χ0) is 10.6. The first-order valence-electron chi connectivity index (χ1n) is 4.03. The van der Waals surface area contributed by atoms with E-state index in [0.29, 0.717) is 10.6 Å². The monoisotopic (exact) mass is 211 g/mol. The zero-order valence-electron chi connectivity index (χ0n) is 7.40. The van der Waals surface area contributed by atoms with Gasteiger partial charge in [0.05, 0.1) is 0 Å². The lowest BCUT2D eigenvalue weighted by molar-refractivity contribution is -0.117. The summed E-state index contributed by atoms with van der Waals surface area (Å²) in [6.45, 7) is 0. The van der Waals surface area contributed by atoms with E-state index in [4.69, 9.17) is 17.3 Å². The maximum atomic E-state index is 10.4.